The van der Waals surface area contributed by atoms with Gasteiger partial charge in [-0.05, 0) is 61.7 Å². The molecule has 0 radical (unpaired) electrons. The Morgan fingerprint density at radius 2 is 1.18 bits per heavy atom. The SMILES string of the molecule is CNCCCC(NC)(NC)C(NC)(NC)NC. The molecule has 0 unspecified atom stereocenters. The van der Waals surface area contributed by atoms with Crippen LogP contribution in [0.5, 0.6) is 0 Å². The molecular weight excluding hydrogens is 216 g/mol. The van der Waals surface area contributed by atoms with Crippen molar-refractivity contribution < 1.29 is 0 Å². The first-order chi connectivity index (χ1) is 8.11. The molecule has 0 aliphatic heterocycles. The minimum atomic E-state index is -0.412. The van der Waals surface area contributed by atoms with Gasteiger partial charge in [0, 0.05) is 0 Å². The summed E-state index contributed by atoms with van der Waals surface area (Å²) in [6.45, 7) is 0.998. The summed E-state index contributed by atoms with van der Waals surface area (Å²) >= 11 is 0. The van der Waals surface area contributed by atoms with Crippen LogP contribution < -0.4 is 31.9 Å². The minimum Gasteiger partial charge on any atom is -0.320 e. The van der Waals surface area contributed by atoms with Gasteiger partial charge in [0.1, 0.15) is 5.66 Å². The van der Waals surface area contributed by atoms with Crippen molar-refractivity contribution in [3.8, 4) is 0 Å². The molecule has 0 bridgehead atoms. The van der Waals surface area contributed by atoms with Crippen molar-refractivity contribution in [1.29, 1.82) is 0 Å². The van der Waals surface area contributed by atoms with Crippen LogP contribution in [0.1, 0.15) is 12.8 Å². The third-order valence-electron chi connectivity index (χ3n) is 3.60. The molecule has 0 amide bonds. The molecule has 0 atom stereocenters. The molecule has 6 N–H and O–H groups in total. The first-order valence-electron chi connectivity index (χ1n) is 6.21. The molecule has 0 heterocycles. The molecule has 17 heavy (non-hydrogen) atoms. The highest BCUT2D eigenvalue weighted by atomic mass is 15.4. The lowest BCUT2D eigenvalue weighted by Crippen LogP contribution is -2.83. The van der Waals surface area contributed by atoms with E-state index in [0.29, 0.717) is 0 Å². The van der Waals surface area contributed by atoms with Crippen LogP contribution >= 0.6 is 0 Å². The Morgan fingerprint density at radius 1 is 0.706 bits per heavy atom. The highest BCUT2D eigenvalue weighted by Gasteiger charge is 2.46. The van der Waals surface area contributed by atoms with Crippen molar-refractivity contribution in [2.24, 2.45) is 0 Å². The van der Waals surface area contributed by atoms with Crippen LogP contribution in [-0.4, -0.2) is 60.3 Å². The summed E-state index contributed by atoms with van der Waals surface area (Å²) in [5, 5.41) is 19.9. The van der Waals surface area contributed by atoms with E-state index in [9.17, 15) is 0 Å². The molecular formula is C11H30N6. The van der Waals surface area contributed by atoms with E-state index in [-0.39, 0.29) is 5.66 Å². The summed E-state index contributed by atoms with van der Waals surface area (Å²) in [6, 6.07) is 0. The first-order valence-corrected chi connectivity index (χ1v) is 6.21. The smallest absolute Gasteiger partial charge is 0.155 e. The topological polar surface area (TPSA) is 72.2 Å². The summed E-state index contributed by atoms with van der Waals surface area (Å²) < 4.78 is 0. The van der Waals surface area contributed by atoms with Crippen molar-refractivity contribution in [2.45, 2.75) is 24.3 Å². The third kappa shape index (κ3) is 3.37. The summed E-state index contributed by atoms with van der Waals surface area (Å²) in [6.07, 6.45) is 2.05. The summed E-state index contributed by atoms with van der Waals surface area (Å²) in [5.41, 5.74) is -0.276. The second-order valence-corrected chi connectivity index (χ2v) is 4.11. The molecule has 0 aromatic carbocycles. The lowest BCUT2D eigenvalue weighted by atomic mass is 9.94. The normalized spacial score (nSPS) is 13.1. The fourth-order valence-electron chi connectivity index (χ4n) is 2.48. The Labute approximate surface area is 106 Å². The van der Waals surface area contributed by atoms with Crippen molar-refractivity contribution in [3.05, 3.63) is 0 Å². The molecule has 0 aromatic heterocycles. The Bertz CT molecular complexity index is 180. The van der Waals surface area contributed by atoms with Gasteiger partial charge in [-0.1, -0.05) is 0 Å². The predicted octanol–water partition coefficient (Wildman–Crippen LogP) is -1.57. The van der Waals surface area contributed by atoms with E-state index in [1.54, 1.807) is 0 Å². The van der Waals surface area contributed by atoms with E-state index in [1.807, 2.05) is 42.3 Å². The maximum absolute atomic E-state index is 3.39. The van der Waals surface area contributed by atoms with E-state index in [1.165, 1.54) is 0 Å². The lowest BCUT2D eigenvalue weighted by Gasteiger charge is -2.50. The van der Waals surface area contributed by atoms with Crippen molar-refractivity contribution >= 4 is 0 Å². The molecule has 0 aliphatic carbocycles. The standard InChI is InChI=1S/C11H30N6/c1-12-9-7-8-10(13-2,14-3)11(15-4,16-5)17-6/h12-17H,7-9H2,1-6H3. The van der Waals surface area contributed by atoms with Crippen LogP contribution in [0.25, 0.3) is 0 Å². The maximum atomic E-state index is 3.39. The zero-order valence-corrected chi connectivity index (χ0v) is 12.1. The molecule has 0 saturated carbocycles. The average molecular weight is 246 g/mol. The van der Waals surface area contributed by atoms with Gasteiger partial charge in [0.15, 0.2) is 5.79 Å². The maximum Gasteiger partial charge on any atom is 0.155 e. The van der Waals surface area contributed by atoms with Gasteiger partial charge in [0.2, 0.25) is 0 Å². The number of hydrogen-bond acceptors (Lipinski definition) is 6. The molecule has 104 valence electrons. The fourth-order valence-corrected chi connectivity index (χ4v) is 2.48. The zero-order chi connectivity index (χ0) is 13.4. The number of rotatable bonds is 10. The number of hydrogen-bond donors (Lipinski definition) is 6. The highest BCUT2D eigenvalue weighted by Crippen LogP contribution is 2.19. The zero-order valence-electron chi connectivity index (χ0n) is 12.1. The Kier molecular flexibility index (Phi) is 7.85. The van der Waals surface area contributed by atoms with Gasteiger partial charge >= 0.3 is 0 Å². The van der Waals surface area contributed by atoms with E-state index in [0.717, 1.165) is 19.4 Å². The molecule has 0 saturated heterocycles. The fraction of sp³-hybridized carbons (Fsp3) is 1.00. The second-order valence-electron chi connectivity index (χ2n) is 4.11. The van der Waals surface area contributed by atoms with Crippen molar-refractivity contribution in [2.75, 3.05) is 48.8 Å². The Balaban J connectivity index is 4.98. The largest absolute Gasteiger partial charge is 0.320 e. The summed E-state index contributed by atoms with van der Waals surface area (Å²) in [4.78, 5) is 0. The van der Waals surface area contributed by atoms with Crippen molar-refractivity contribution in [1.82, 2.24) is 31.9 Å². The summed E-state index contributed by atoms with van der Waals surface area (Å²) in [7, 11) is 11.7. The van der Waals surface area contributed by atoms with Gasteiger partial charge in [0.25, 0.3) is 0 Å². The van der Waals surface area contributed by atoms with Gasteiger partial charge < -0.3 is 5.32 Å². The van der Waals surface area contributed by atoms with Crippen LogP contribution in [0.15, 0.2) is 0 Å². The molecule has 6 heteroatoms. The predicted molar refractivity (Wildman–Crippen MR) is 73.9 cm³/mol. The van der Waals surface area contributed by atoms with E-state index < -0.39 is 5.79 Å². The molecule has 0 aromatic rings. The quantitative estimate of drug-likeness (QED) is 0.207. The van der Waals surface area contributed by atoms with Gasteiger partial charge in [-0.2, -0.15) is 0 Å². The second kappa shape index (κ2) is 7.97. The van der Waals surface area contributed by atoms with Gasteiger partial charge in [-0.3, -0.25) is 26.6 Å². The molecule has 6 nitrogen and oxygen atoms in total. The van der Waals surface area contributed by atoms with Gasteiger partial charge in [0.05, 0.1) is 0 Å². The average Bonchev–Trinajstić information content (AvgIpc) is 2.39. The van der Waals surface area contributed by atoms with Crippen molar-refractivity contribution in [3.63, 3.8) is 0 Å². The number of likely N-dealkylation sites (N-methyl/N-ethyl adjacent to an activating group) is 5. The number of nitrogens with one attached hydrogen (secondary N) is 6. The lowest BCUT2D eigenvalue weighted by molar-refractivity contribution is 0.0505. The highest BCUT2D eigenvalue weighted by molar-refractivity contribution is 5.03. The first kappa shape index (κ1) is 16.8. The van der Waals surface area contributed by atoms with Crippen LogP contribution in [0.4, 0.5) is 0 Å². The molecule has 0 spiro atoms. The summed E-state index contributed by atoms with van der Waals surface area (Å²) in [5.74, 6) is -0.412. The monoisotopic (exact) mass is 246 g/mol. The van der Waals surface area contributed by atoms with Gasteiger partial charge in [-0.15, -0.1) is 0 Å². The van der Waals surface area contributed by atoms with Gasteiger partial charge in [-0.25, -0.2) is 0 Å². The van der Waals surface area contributed by atoms with E-state index >= 15 is 0 Å². The van der Waals surface area contributed by atoms with Crippen LogP contribution in [0.2, 0.25) is 0 Å². The molecule has 0 aliphatic rings. The van der Waals surface area contributed by atoms with E-state index in [4.69, 9.17) is 0 Å². The van der Waals surface area contributed by atoms with Crippen LogP contribution in [0.3, 0.4) is 0 Å². The third-order valence-corrected chi connectivity index (χ3v) is 3.60. The van der Waals surface area contributed by atoms with Crippen LogP contribution in [-0.2, 0) is 0 Å². The van der Waals surface area contributed by atoms with Crippen LogP contribution in [0, 0.1) is 0 Å². The van der Waals surface area contributed by atoms with E-state index in [2.05, 4.69) is 31.9 Å². The molecule has 0 rings (SSSR count). The Hall–Kier alpha value is -0.240. The minimum absolute atomic E-state index is 0.276. The molecule has 0 fully saturated rings. The Morgan fingerprint density at radius 3 is 1.47 bits per heavy atom.